The van der Waals surface area contributed by atoms with Crippen LogP contribution in [-0.4, -0.2) is 37.0 Å². The number of nitrogens with zero attached hydrogens (tertiary/aromatic N) is 4. The van der Waals surface area contributed by atoms with E-state index in [0.717, 1.165) is 48.1 Å². The third-order valence-electron chi connectivity index (χ3n) is 7.10. The van der Waals surface area contributed by atoms with Gasteiger partial charge in [0.25, 0.3) is 0 Å². The van der Waals surface area contributed by atoms with Gasteiger partial charge in [0.1, 0.15) is 16.7 Å². The van der Waals surface area contributed by atoms with Gasteiger partial charge in [0.2, 0.25) is 0 Å². The summed E-state index contributed by atoms with van der Waals surface area (Å²) < 4.78 is 16.3. The highest BCUT2D eigenvalue weighted by molar-refractivity contribution is 7.99. The maximum Gasteiger partial charge on any atom is 0.147 e. The molecule has 1 aliphatic heterocycles. The third-order valence-corrected chi connectivity index (χ3v) is 10.1. The normalized spacial score (nSPS) is 19.9. The molecule has 3 aromatic rings. The number of nitrogens with two attached hydrogens (primary N) is 1. The van der Waals surface area contributed by atoms with E-state index in [1.807, 2.05) is 33.0 Å². The number of aromatic nitrogens is 3. The molecule has 0 bridgehead atoms. The summed E-state index contributed by atoms with van der Waals surface area (Å²) in [5.74, 6) is 1.18. The highest BCUT2D eigenvalue weighted by Gasteiger charge is 2.48. The molecule has 1 aromatic carbocycles. The van der Waals surface area contributed by atoms with E-state index < -0.39 is 11.0 Å². The fourth-order valence-corrected chi connectivity index (χ4v) is 7.00. The van der Waals surface area contributed by atoms with Crippen LogP contribution in [0, 0.1) is 5.41 Å². The van der Waals surface area contributed by atoms with E-state index in [9.17, 15) is 4.21 Å². The molecule has 7 nitrogen and oxygen atoms in total. The van der Waals surface area contributed by atoms with E-state index in [4.69, 9.17) is 22.3 Å². The zero-order chi connectivity index (χ0) is 25.5. The van der Waals surface area contributed by atoms with Crippen molar-refractivity contribution in [3.63, 3.8) is 0 Å². The number of rotatable bonds is 5. The van der Waals surface area contributed by atoms with Crippen LogP contribution in [0.1, 0.15) is 50.8 Å². The third kappa shape index (κ3) is 4.98. The maximum atomic E-state index is 13.1. The lowest BCUT2D eigenvalue weighted by Crippen LogP contribution is -2.48. The quantitative estimate of drug-likeness (QED) is 0.457. The monoisotopic (exact) mass is 542 g/mol. The first-order valence-corrected chi connectivity index (χ1v) is 14.4. The largest absolute Gasteiger partial charge is 0.382 e. The molecule has 2 aromatic heterocycles. The number of anilines is 2. The van der Waals surface area contributed by atoms with E-state index in [-0.39, 0.29) is 16.2 Å². The minimum absolute atomic E-state index is 0.0440. The molecule has 1 fully saturated rings. The number of piperidine rings is 1. The predicted octanol–water partition coefficient (Wildman–Crippen LogP) is 5.19. The van der Waals surface area contributed by atoms with Crippen LogP contribution in [0.25, 0.3) is 0 Å². The van der Waals surface area contributed by atoms with Gasteiger partial charge in [-0.2, -0.15) is 0 Å². The Labute approximate surface area is 224 Å². The Morgan fingerprint density at radius 1 is 1.14 bits per heavy atom. The van der Waals surface area contributed by atoms with Crippen molar-refractivity contribution in [1.29, 1.82) is 0 Å². The number of benzene rings is 1. The van der Waals surface area contributed by atoms with Crippen molar-refractivity contribution in [2.75, 3.05) is 23.7 Å². The molecule has 0 amide bonds. The van der Waals surface area contributed by atoms with Crippen LogP contribution in [0.4, 0.5) is 11.6 Å². The summed E-state index contributed by atoms with van der Waals surface area (Å²) >= 11 is 7.69. The lowest BCUT2D eigenvalue weighted by molar-refractivity contribution is 0.177. The first-order chi connectivity index (χ1) is 17.2. The Morgan fingerprint density at radius 3 is 2.58 bits per heavy atom. The summed E-state index contributed by atoms with van der Waals surface area (Å²) in [6, 6.07) is 10.5. The van der Waals surface area contributed by atoms with Gasteiger partial charge in [-0.1, -0.05) is 47.6 Å². The summed E-state index contributed by atoms with van der Waals surface area (Å²) in [6.07, 6.45) is 8.23. The lowest BCUT2D eigenvalue weighted by atomic mass is 9.73. The zero-order valence-electron chi connectivity index (χ0n) is 20.7. The smallest absolute Gasteiger partial charge is 0.147 e. The van der Waals surface area contributed by atoms with E-state index in [0.29, 0.717) is 10.8 Å². The highest BCUT2D eigenvalue weighted by atomic mass is 35.5. The van der Waals surface area contributed by atoms with Crippen molar-refractivity contribution in [3.05, 3.63) is 65.1 Å². The molecule has 2 aliphatic rings. The first kappa shape index (κ1) is 25.4. The molecule has 10 heteroatoms. The Bertz CT molecular complexity index is 1270. The number of pyridine rings is 1. The second kappa shape index (κ2) is 9.93. The minimum Gasteiger partial charge on any atom is -0.382 e. The molecule has 3 N–H and O–H groups in total. The molecule has 0 unspecified atom stereocenters. The fraction of sp³-hybridized carbons (Fsp3) is 0.423. The number of nitrogen functional groups attached to an aromatic ring is 1. The van der Waals surface area contributed by atoms with Crippen molar-refractivity contribution < 1.29 is 4.21 Å². The van der Waals surface area contributed by atoms with Crippen molar-refractivity contribution in [1.82, 2.24) is 19.7 Å². The average Bonchev–Trinajstić information content (AvgIpc) is 3.15. The number of nitrogens with one attached hydrogen (secondary N) is 1. The van der Waals surface area contributed by atoms with Crippen LogP contribution in [0.2, 0.25) is 5.02 Å². The van der Waals surface area contributed by atoms with Crippen LogP contribution in [0.3, 0.4) is 0 Å². The molecule has 0 saturated carbocycles. The number of hydrogen-bond donors (Lipinski definition) is 2. The van der Waals surface area contributed by atoms with Gasteiger partial charge in [0.15, 0.2) is 0 Å². The Kier molecular flexibility index (Phi) is 7.02. The van der Waals surface area contributed by atoms with Gasteiger partial charge in [-0.25, -0.2) is 23.9 Å². The van der Waals surface area contributed by atoms with Gasteiger partial charge in [-0.15, -0.1) is 0 Å². The van der Waals surface area contributed by atoms with Crippen LogP contribution < -0.4 is 15.4 Å². The van der Waals surface area contributed by atoms with Gasteiger partial charge in [0, 0.05) is 24.2 Å². The lowest BCUT2D eigenvalue weighted by Gasteiger charge is -2.44. The summed E-state index contributed by atoms with van der Waals surface area (Å²) in [6.45, 7) is 7.81. The molecule has 190 valence electrons. The van der Waals surface area contributed by atoms with Crippen LogP contribution in [0.5, 0.6) is 0 Å². The van der Waals surface area contributed by atoms with Crippen molar-refractivity contribution in [3.8, 4) is 0 Å². The van der Waals surface area contributed by atoms with Crippen molar-refractivity contribution in [2.45, 2.75) is 60.7 Å². The molecule has 1 aliphatic carbocycles. The Hall–Kier alpha value is -2.20. The van der Waals surface area contributed by atoms with Crippen LogP contribution in [0.15, 0.2) is 58.8 Å². The van der Waals surface area contributed by atoms with E-state index in [1.165, 1.54) is 22.9 Å². The van der Waals surface area contributed by atoms with Gasteiger partial charge < -0.3 is 10.6 Å². The second-order valence-corrected chi connectivity index (χ2v) is 13.9. The van der Waals surface area contributed by atoms with Crippen LogP contribution >= 0.6 is 23.4 Å². The van der Waals surface area contributed by atoms with E-state index in [1.54, 1.807) is 12.4 Å². The molecular weight excluding hydrogens is 512 g/mol. The Morgan fingerprint density at radius 2 is 1.89 bits per heavy atom. The summed E-state index contributed by atoms with van der Waals surface area (Å²) in [5, 5.41) is 1.18. The molecule has 3 heterocycles. The fourth-order valence-electron chi connectivity index (χ4n) is 5.07. The number of hydrogen-bond acceptors (Lipinski definition) is 7. The second-order valence-electron chi connectivity index (χ2n) is 10.5. The topological polar surface area (TPSA) is 97.0 Å². The van der Waals surface area contributed by atoms with Gasteiger partial charge in [-0.3, -0.25) is 0 Å². The van der Waals surface area contributed by atoms with Gasteiger partial charge in [-0.05, 0) is 62.6 Å². The van der Waals surface area contributed by atoms with E-state index in [2.05, 4.69) is 43.9 Å². The maximum absolute atomic E-state index is 13.1. The molecule has 1 saturated heterocycles. The van der Waals surface area contributed by atoms with Crippen molar-refractivity contribution >= 4 is 46.0 Å². The Balaban J connectivity index is 1.29. The zero-order valence-corrected chi connectivity index (χ0v) is 23.1. The average molecular weight is 543 g/mol. The molecule has 36 heavy (non-hydrogen) atoms. The van der Waals surface area contributed by atoms with Gasteiger partial charge >= 0.3 is 0 Å². The summed E-state index contributed by atoms with van der Waals surface area (Å²) in [7, 11) is -1.14. The minimum atomic E-state index is -1.14. The standard InChI is InChI=1S/C26H31ClN6OS2/c1-25(2,3)36(34)32-23-18-7-5-4-6-17(18)14-26(23)9-12-33(13-10-26)20-15-31-21(16-30-20)35-19-8-11-29-24(28)22(19)27/h4-8,11,15-16,23,32H,9-10,12-14H2,1-3H3,(H2,28,29)/t23-,36+/m1/s1. The number of fused-ring (bicyclic) bond motifs is 1. The number of halogens is 1. The summed E-state index contributed by atoms with van der Waals surface area (Å²) in [5.41, 5.74) is 8.51. The van der Waals surface area contributed by atoms with E-state index >= 15 is 0 Å². The predicted molar refractivity (Wildman–Crippen MR) is 148 cm³/mol. The van der Waals surface area contributed by atoms with Gasteiger partial charge in [0.05, 0.1) is 39.2 Å². The first-order valence-electron chi connectivity index (χ1n) is 12.1. The SMILES string of the molecule is CC(C)(C)[S@](=O)N[C@@H]1c2ccccc2CC12CCN(c1cnc(Sc3ccnc(N)c3Cl)cn1)CC2. The van der Waals surface area contributed by atoms with Crippen molar-refractivity contribution in [2.24, 2.45) is 5.41 Å². The summed E-state index contributed by atoms with van der Waals surface area (Å²) in [4.78, 5) is 16.4. The molecule has 0 radical (unpaired) electrons. The highest BCUT2D eigenvalue weighted by Crippen LogP contribution is 2.52. The molecular formula is C26H31ClN6OS2. The molecule has 5 rings (SSSR count). The molecule has 2 atom stereocenters. The van der Waals surface area contributed by atoms with Crippen LogP contribution in [-0.2, 0) is 17.4 Å². The molecule has 1 spiro atoms.